The van der Waals surface area contributed by atoms with Crippen LogP contribution < -0.4 is 114 Å². The van der Waals surface area contributed by atoms with E-state index in [4.69, 9.17) is 34.1 Å². The number of benzene rings is 2. The number of carbonyl (C=O) groups is 16. The number of aromatic amines is 1. The molecule has 0 aliphatic heterocycles. The molecule has 43 nitrogen and oxygen atoms in total. The molecule has 0 aliphatic rings. The second-order valence-electron chi connectivity index (χ2n) is 33.9. The van der Waals surface area contributed by atoms with E-state index in [0.717, 1.165) is 0 Å². The molecule has 14 atom stereocenters. The van der Waals surface area contributed by atoms with E-state index in [1.165, 1.54) is 43.0 Å². The average Bonchev–Trinajstić information content (AvgIpc) is 1.66. The van der Waals surface area contributed by atoms with Crippen molar-refractivity contribution in [3.63, 3.8) is 0 Å². The zero-order valence-corrected chi connectivity index (χ0v) is 77.1. The Morgan fingerprint density at radius 2 is 0.762 bits per heavy atom. The van der Waals surface area contributed by atoms with E-state index >= 15 is 4.79 Å². The van der Waals surface area contributed by atoms with Gasteiger partial charge in [-0.15, -0.1) is 0 Å². The Kier molecular flexibility index (Phi) is 52.6. The molecule has 1 aromatic heterocycles. The number of carboxylic acid groups (broad SMARTS) is 1. The molecule has 0 unspecified atom stereocenters. The number of unbranched alkanes of at least 4 members (excludes halogenated alkanes) is 3. The normalized spacial score (nSPS) is 14.6. The monoisotopic (exact) mass is 1850 g/mol. The highest BCUT2D eigenvalue weighted by atomic mass is 32.2. The lowest BCUT2D eigenvalue weighted by molar-refractivity contribution is -0.142. The standard InChI is InChI=1S/C86H143N23O20S/c1-47(2)36-62(103-83(126)68(45-110)109-81(124)66(40-52-26-28-54(112)29-27-52)106-79(122)64(38-49(5)6)102-73(116)56(90)21-13-16-31-87)75(118)96-44-70(113)98-58(23-14-17-32-88)74(117)95-43-71(114)99-59(25-19-34-93-86(91)92)76(119)107-67(41-53-42-94-57-22-12-11-20-55(53)57)82(125)100-60(30-35-130-10)77(120)104-65(39-50(7)8)80(123)108-69(46-111)84(127)105-63(37-48(3)4)78(121)97-51(9)72(115)101-61(85(128)129)24-15-18-33-89/h11-12,20,22,26-29,42,47-51,56,58-69,94,110-112H,13-19,21,23-25,30-41,43-46,87-90H2,1-10H3,(H,95,117)(H,96,118)(H,97,121)(H,98,113)(H,99,114)(H,100,125)(H,101,115)(H,102,116)(H,103,126)(H,104,120)(H,105,127)(H,106,122)(H,107,119)(H,108,123)(H,109,124)(H,128,129)(H4,91,92,93)/t51-,56-,58-,59-,60-,61-,62-,63-,64-,65-,66-,67-,68-,69-/m0/s1. The lowest BCUT2D eigenvalue weighted by Crippen LogP contribution is -2.61. The van der Waals surface area contributed by atoms with E-state index in [1.54, 1.807) is 78.3 Å². The van der Waals surface area contributed by atoms with Gasteiger partial charge in [-0.1, -0.05) is 92.1 Å². The highest BCUT2D eigenvalue weighted by Gasteiger charge is 2.38. The molecule has 0 saturated heterocycles. The molecule has 32 N–H and O–H groups in total. The van der Waals surface area contributed by atoms with E-state index in [2.05, 4.69) is 90.1 Å². The topological polar surface area (TPSA) is 716 Å². The molecule has 0 aliphatic carbocycles. The molecule has 2 aromatic carbocycles. The summed E-state index contributed by atoms with van der Waals surface area (Å²) in [6.45, 7) is 12.7. The summed E-state index contributed by atoms with van der Waals surface area (Å²) in [6.07, 6.45) is 5.95. The summed E-state index contributed by atoms with van der Waals surface area (Å²) >= 11 is 1.31. The molecular weight excluding hydrogens is 1710 g/mol. The van der Waals surface area contributed by atoms with Crippen LogP contribution >= 0.6 is 11.8 Å². The number of aromatic nitrogens is 1. The van der Waals surface area contributed by atoms with Crippen LogP contribution in [0.5, 0.6) is 5.75 Å². The third-order valence-electron chi connectivity index (χ3n) is 20.7. The molecule has 0 saturated carbocycles. The first-order valence-electron chi connectivity index (χ1n) is 44.3. The van der Waals surface area contributed by atoms with Crippen LogP contribution in [-0.2, 0) is 89.6 Å². The molecule has 0 fully saturated rings. The van der Waals surface area contributed by atoms with Crippen molar-refractivity contribution in [2.75, 3.05) is 64.5 Å². The van der Waals surface area contributed by atoms with E-state index in [9.17, 15) is 92.3 Å². The maximum absolute atomic E-state index is 15.0. The maximum Gasteiger partial charge on any atom is 0.326 e. The van der Waals surface area contributed by atoms with Crippen molar-refractivity contribution in [3.05, 3.63) is 65.9 Å². The van der Waals surface area contributed by atoms with Crippen LogP contribution in [0.4, 0.5) is 0 Å². The van der Waals surface area contributed by atoms with Gasteiger partial charge in [0.1, 0.15) is 84.3 Å². The maximum atomic E-state index is 15.0. The van der Waals surface area contributed by atoms with Crippen LogP contribution in [0.2, 0.25) is 0 Å². The smallest absolute Gasteiger partial charge is 0.326 e. The van der Waals surface area contributed by atoms with E-state index in [1.807, 2.05) is 13.8 Å². The van der Waals surface area contributed by atoms with E-state index in [-0.39, 0.29) is 125 Å². The number of aromatic hydroxyl groups is 1. The number of amides is 15. The number of hydrogen-bond acceptors (Lipinski definition) is 25. The van der Waals surface area contributed by atoms with Gasteiger partial charge < -0.3 is 139 Å². The van der Waals surface area contributed by atoms with Crippen LogP contribution in [0.25, 0.3) is 10.9 Å². The number of thioether (sulfide) groups is 1. The van der Waals surface area contributed by atoms with Crippen LogP contribution in [-0.4, -0.2) is 275 Å². The molecule has 3 aromatic rings. The number of phenolic OH excluding ortho intramolecular Hbond substituents is 1. The summed E-state index contributed by atoms with van der Waals surface area (Å²) in [7, 11) is 0. The second-order valence-corrected chi connectivity index (χ2v) is 34.9. The molecule has 0 spiro atoms. The number of para-hydroxylation sites is 1. The Morgan fingerprint density at radius 3 is 1.22 bits per heavy atom. The Hall–Kier alpha value is -11.3. The lowest BCUT2D eigenvalue weighted by Gasteiger charge is -2.28. The van der Waals surface area contributed by atoms with Crippen molar-refractivity contribution < 1.29 is 97.1 Å². The number of fused-ring (bicyclic) bond motifs is 1. The van der Waals surface area contributed by atoms with Crippen molar-refractivity contribution in [2.24, 2.45) is 52.3 Å². The Bertz CT molecular complexity index is 4160. The lowest BCUT2D eigenvalue weighted by atomic mass is 10.00. The van der Waals surface area contributed by atoms with Crippen molar-refractivity contribution in [2.45, 2.75) is 262 Å². The Balaban J connectivity index is 1.88. The second kappa shape index (κ2) is 60.5. The minimum absolute atomic E-state index is 0.0104. The summed E-state index contributed by atoms with van der Waals surface area (Å²) in [6, 6.07) is -6.74. The number of H-pyrrole nitrogens is 1. The predicted octanol–water partition coefficient (Wildman–Crippen LogP) is -3.80. The number of nitrogens with two attached hydrogens (primary N) is 5. The third kappa shape index (κ3) is 42.9. The van der Waals surface area contributed by atoms with Gasteiger partial charge in [0.2, 0.25) is 88.6 Å². The number of rotatable bonds is 64. The van der Waals surface area contributed by atoms with Gasteiger partial charge in [-0.25, -0.2) is 4.79 Å². The number of nitrogens with one attached hydrogen (secondary N) is 18. The number of aliphatic hydroxyl groups is 2. The minimum Gasteiger partial charge on any atom is -0.508 e. The summed E-state index contributed by atoms with van der Waals surface area (Å²) in [5, 5.41) is 90.3. The van der Waals surface area contributed by atoms with Crippen molar-refractivity contribution in [3.8, 4) is 5.75 Å². The summed E-state index contributed by atoms with van der Waals surface area (Å²) in [5.41, 5.74) is 30.3. The first-order valence-corrected chi connectivity index (χ1v) is 45.7. The Labute approximate surface area is 763 Å². The molecule has 0 radical (unpaired) electrons. The van der Waals surface area contributed by atoms with Crippen LogP contribution in [0.3, 0.4) is 0 Å². The number of aliphatic carboxylic acids is 1. The summed E-state index contributed by atoms with van der Waals surface area (Å²) in [4.78, 5) is 226. The first kappa shape index (κ1) is 113. The Morgan fingerprint density at radius 1 is 0.400 bits per heavy atom. The quantitative estimate of drug-likeness (QED) is 0.0146. The van der Waals surface area contributed by atoms with Gasteiger partial charge in [-0.05, 0) is 188 Å². The van der Waals surface area contributed by atoms with Crippen molar-refractivity contribution >= 4 is 123 Å². The van der Waals surface area contributed by atoms with Gasteiger partial charge in [0.05, 0.1) is 32.3 Å². The van der Waals surface area contributed by atoms with Gasteiger partial charge in [-0.2, -0.15) is 11.8 Å². The molecule has 728 valence electrons. The fourth-order valence-corrected chi connectivity index (χ4v) is 14.1. The zero-order chi connectivity index (χ0) is 97.3. The van der Waals surface area contributed by atoms with E-state index in [0.29, 0.717) is 73.6 Å². The highest BCUT2D eigenvalue weighted by molar-refractivity contribution is 7.98. The average molecular weight is 1850 g/mol. The van der Waals surface area contributed by atoms with Gasteiger partial charge in [-0.3, -0.25) is 77.3 Å². The number of hydrogen-bond donors (Lipinski definition) is 27. The molecule has 15 amide bonds. The molecule has 44 heteroatoms. The van der Waals surface area contributed by atoms with Crippen LogP contribution in [0.15, 0.2) is 54.7 Å². The number of phenols is 1. The highest BCUT2D eigenvalue weighted by Crippen LogP contribution is 2.22. The number of guanidine groups is 1. The van der Waals surface area contributed by atoms with Gasteiger partial charge in [0, 0.05) is 36.5 Å². The first-order chi connectivity index (χ1) is 61.6. The van der Waals surface area contributed by atoms with Crippen molar-refractivity contribution in [1.82, 2.24) is 90.1 Å². The van der Waals surface area contributed by atoms with Crippen LogP contribution in [0.1, 0.15) is 176 Å². The molecular formula is C86H143N23O20S. The number of aliphatic hydroxyl groups excluding tert-OH is 2. The van der Waals surface area contributed by atoms with Gasteiger partial charge >= 0.3 is 5.97 Å². The fourth-order valence-electron chi connectivity index (χ4n) is 13.7. The number of carboxylic acids is 1. The largest absolute Gasteiger partial charge is 0.508 e. The zero-order valence-electron chi connectivity index (χ0n) is 76.3. The SMILES string of the molecule is CSCC[C@H](NC(=O)[C@H](Cc1c[nH]c2ccccc12)NC(=O)[C@H](CCCNC(=N)N)NC(=O)CNC(=O)[C@H](CCCCN)NC(=O)CNC(=O)[C@H](CC(C)C)NC(=O)[C@H](CO)NC(=O)[C@H](Cc1ccc(O)cc1)NC(=O)[C@H](CC(C)C)NC(=O)[C@@H](N)CCCCN)C(=O)N[C@@H](CC(C)C)C(=O)N[C@@H](CO)C(=O)N[C@@H](CC(C)C)C(=O)N[C@@H](C)C(=O)N[C@@H](CCCCN)C(=O)O. The van der Waals surface area contributed by atoms with Gasteiger partial charge in [0.25, 0.3) is 0 Å². The molecule has 0 bridgehead atoms. The molecule has 1 heterocycles. The van der Waals surface area contributed by atoms with Crippen molar-refractivity contribution in [1.29, 1.82) is 5.41 Å². The van der Waals surface area contributed by atoms with E-state index < -0.39 is 211 Å². The van der Waals surface area contributed by atoms with Crippen LogP contribution in [0, 0.1) is 29.1 Å². The number of carbonyl (C=O) groups excluding carboxylic acids is 15. The summed E-state index contributed by atoms with van der Waals surface area (Å²) in [5.74, 6) is -15.8. The van der Waals surface area contributed by atoms with Gasteiger partial charge in [0.15, 0.2) is 5.96 Å². The fraction of sp³-hybridized carbons (Fsp3) is 0.640. The predicted molar refractivity (Wildman–Crippen MR) is 489 cm³/mol. The molecule has 3 rings (SSSR count). The molecule has 130 heavy (non-hydrogen) atoms. The summed E-state index contributed by atoms with van der Waals surface area (Å²) < 4.78 is 0. The minimum atomic E-state index is -1.73. The third-order valence-corrected chi connectivity index (χ3v) is 21.3.